The number of nitrogens with one attached hydrogen (secondary N) is 2. The molecule has 3 rings (SSSR count). The highest BCUT2D eigenvalue weighted by Crippen LogP contribution is 2.33. The monoisotopic (exact) mass is 510 g/mol. The number of carbonyl (C=O) groups excluding carboxylic acids is 3. The molecular formula is C27H31ClN4O4. The number of aryl methyl sites for hydroxylation is 1. The number of nitrogens with zero attached hydrogens (tertiary/aromatic N) is 2. The van der Waals surface area contributed by atoms with Gasteiger partial charge >= 0.3 is 0 Å². The van der Waals surface area contributed by atoms with Crippen molar-refractivity contribution < 1.29 is 18.9 Å². The number of amides is 3. The molecule has 0 radical (unpaired) electrons. The van der Waals surface area contributed by atoms with Crippen LogP contribution in [-0.2, 0) is 14.4 Å². The number of benzene rings is 2. The van der Waals surface area contributed by atoms with Crippen molar-refractivity contribution in [3.63, 3.8) is 0 Å². The Balaban J connectivity index is 1.94. The maximum Gasteiger partial charge on any atom is 0.248 e. The zero-order valence-electron chi connectivity index (χ0n) is 20.9. The molecule has 0 saturated carbocycles. The average Bonchev–Trinajstić information content (AvgIpc) is 3.26. The second kappa shape index (κ2) is 11.9. The first-order valence-corrected chi connectivity index (χ1v) is 12.2. The minimum absolute atomic E-state index is 0.106. The van der Waals surface area contributed by atoms with Crippen LogP contribution in [0.1, 0.15) is 57.4 Å². The van der Waals surface area contributed by atoms with Gasteiger partial charge in [0.15, 0.2) is 5.82 Å². The molecule has 1 aromatic heterocycles. The van der Waals surface area contributed by atoms with E-state index >= 15 is 0 Å². The maximum atomic E-state index is 13.7. The highest BCUT2D eigenvalue weighted by Gasteiger charge is 2.36. The summed E-state index contributed by atoms with van der Waals surface area (Å²) in [5.74, 6) is -0.326. The van der Waals surface area contributed by atoms with E-state index in [0.717, 1.165) is 0 Å². The molecule has 0 fully saturated rings. The van der Waals surface area contributed by atoms with E-state index in [2.05, 4.69) is 15.8 Å². The van der Waals surface area contributed by atoms with E-state index in [-0.39, 0.29) is 24.6 Å². The van der Waals surface area contributed by atoms with E-state index in [4.69, 9.17) is 16.1 Å². The summed E-state index contributed by atoms with van der Waals surface area (Å²) in [6.07, 6.45) is 0.448. The second-order valence-electron chi connectivity index (χ2n) is 9.12. The molecule has 2 aromatic carbocycles. The molecular weight excluding hydrogens is 480 g/mol. The molecule has 2 N–H and O–H groups in total. The Morgan fingerprint density at radius 3 is 2.33 bits per heavy atom. The van der Waals surface area contributed by atoms with Gasteiger partial charge < -0.3 is 15.2 Å². The molecule has 36 heavy (non-hydrogen) atoms. The fourth-order valence-corrected chi connectivity index (χ4v) is 3.82. The molecule has 0 bridgehead atoms. The molecule has 0 aliphatic rings. The number of anilines is 2. The van der Waals surface area contributed by atoms with Gasteiger partial charge in [0, 0.05) is 40.7 Å². The highest BCUT2D eigenvalue weighted by molar-refractivity contribution is 6.31. The van der Waals surface area contributed by atoms with Crippen LogP contribution in [0.3, 0.4) is 0 Å². The summed E-state index contributed by atoms with van der Waals surface area (Å²) in [6, 6.07) is 16.4. The Kier molecular flexibility index (Phi) is 8.88. The fourth-order valence-electron chi connectivity index (χ4n) is 3.58. The van der Waals surface area contributed by atoms with Gasteiger partial charge in [-0.15, -0.1) is 0 Å². The van der Waals surface area contributed by atoms with Crippen molar-refractivity contribution in [3.05, 3.63) is 77.0 Å². The van der Waals surface area contributed by atoms with Gasteiger partial charge in [0.1, 0.15) is 11.8 Å². The molecule has 9 heteroatoms. The zero-order valence-corrected chi connectivity index (χ0v) is 21.6. The van der Waals surface area contributed by atoms with Crippen LogP contribution in [-0.4, -0.2) is 28.4 Å². The third-order valence-corrected chi connectivity index (χ3v) is 6.16. The van der Waals surface area contributed by atoms with E-state index in [1.807, 2.05) is 26.8 Å². The summed E-state index contributed by atoms with van der Waals surface area (Å²) in [5.41, 5.74) is 0.505. The van der Waals surface area contributed by atoms with Crippen molar-refractivity contribution >= 4 is 40.8 Å². The highest BCUT2D eigenvalue weighted by atomic mass is 35.5. The molecule has 0 aliphatic carbocycles. The van der Waals surface area contributed by atoms with Gasteiger partial charge in [-0.3, -0.25) is 19.3 Å². The topological polar surface area (TPSA) is 105 Å². The minimum atomic E-state index is -1.04. The third-order valence-electron chi connectivity index (χ3n) is 5.82. The van der Waals surface area contributed by atoms with Crippen molar-refractivity contribution in [2.24, 2.45) is 0 Å². The van der Waals surface area contributed by atoms with Crippen LogP contribution in [0.2, 0.25) is 5.02 Å². The number of aromatic nitrogens is 1. The van der Waals surface area contributed by atoms with E-state index in [1.165, 1.54) is 4.90 Å². The first-order valence-electron chi connectivity index (χ1n) is 11.8. The Bertz CT molecular complexity index is 1210. The lowest BCUT2D eigenvalue weighted by molar-refractivity contribution is -0.128. The number of halogens is 1. The van der Waals surface area contributed by atoms with Gasteiger partial charge in [-0.25, -0.2) is 0 Å². The van der Waals surface area contributed by atoms with E-state index in [9.17, 15) is 14.4 Å². The number of hydrogen-bond donors (Lipinski definition) is 2. The lowest BCUT2D eigenvalue weighted by atomic mass is 9.98. The van der Waals surface area contributed by atoms with Gasteiger partial charge in [0.2, 0.25) is 17.7 Å². The summed E-state index contributed by atoms with van der Waals surface area (Å²) < 4.78 is 4.96. The van der Waals surface area contributed by atoms with Crippen molar-refractivity contribution in [1.29, 1.82) is 0 Å². The van der Waals surface area contributed by atoms with Crippen LogP contribution in [0.4, 0.5) is 11.5 Å². The molecule has 1 atom stereocenters. The fraction of sp³-hybridized carbons (Fsp3) is 0.333. The van der Waals surface area contributed by atoms with E-state index in [1.54, 1.807) is 61.5 Å². The van der Waals surface area contributed by atoms with Gasteiger partial charge in [0.25, 0.3) is 0 Å². The average molecular weight is 511 g/mol. The van der Waals surface area contributed by atoms with Gasteiger partial charge in [-0.05, 0) is 45.4 Å². The zero-order chi connectivity index (χ0) is 26.3. The van der Waals surface area contributed by atoms with Crippen LogP contribution in [0.5, 0.6) is 0 Å². The molecule has 0 aliphatic heterocycles. The first-order chi connectivity index (χ1) is 17.1. The third kappa shape index (κ3) is 6.95. The lowest BCUT2D eigenvalue weighted by Crippen LogP contribution is -2.50. The van der Waals surface area contributed by atoms with Crippen LogP contribution in [0, 0.1) is 6.92 Å². The van der Waals surface area contributed by atoms with Gasteiger partial charge in [0.05, 0.1) is 0 Å². The van der Waals surface area contributed by atoms with E-state index < -0.39 is 23.4 Å². The first kappa shape index (κ1) is 26.9. The van der Waals surface area contributed by atoms with Crippen molar-refractivity contribution in [2.45, 2.75) is 58.5 Å². The van der Waals surface area contributed by atoms with Crippen molar-refractivity contribution in [2.75, 3.05) is 10.2 Å². The van der Waals surface area contributed by atoms with E-state index in [0.29, 0.717) is 28.5 Å². The Morgan fingerprint density at radius 2 is 1.72 bits per heavy atom. The smallest absolute Gasteiger partial charge is 0.248 e. The summed E-state index contributed by atoms with van der Waals surface area (Å²) >= 11 is 6.53. The van der Waals surface area contributed by atoms with Crippen LogP contribution < -0.4 is 15.5 Å². The van der Waals surface area contributed by atoms with Gasteiger partial charge in [-0.1, -0.05) is 60.1 Å². The standard InChI is InChI=1S/C27H31ClN4O4/c1-5-27(3,4)30-26(35)25(20-13-9-10-14-21(20)28)32(19-11-7-6-8-12-19)24(34)16-15-23(33)29-22-17-18(2)36-31-22/h6-14,17,25H,5,15-16H2,1-4H3,(H,30,35)(H,29,31,33)/t25-/m0/s1. The molecule has 0 spiro atoms. The van der Waals surface area contributed by atoms with Crippen LogP contribution in [0.25, 0.3) is 0 Å². The molecule has 0 saturated heterocycles. The molecule has 3 amide bonds. The summed E-state index contributed by atoms with van der Waals surface area (Å²) in [5, 5.41) is 9.76. The van der Waals surface area contributed by atoms with Crippen molar-refractivity contribution in [1.82, 2.24) is 10.5 Å². The molecule has 8 nitrogen and oxygen atoms in total. The summed E-state index contributed by atoms with van der Waals surface area (Å²) in [4.78, 5) is 41.3. The normalized spacial score (nSPS) is 12.0. The molecule has 190 valence electrons. The number of para-hydroxylation sites is 1. The Hall–Kier alpha value is -3.65. The van der Waals surface area contributed by atoms with Crippen LogP contribution >= 0.6 is 11.6 Å². The van der Waals surface area contributed by atoms with Crippen molar-refractivity contribution in [3.8, 4) is 0 Å². The minimum Gasteiger partial charge on any atom is -0.360 e. The molecule has 1 heterocycles. The second-order valence-corrected chi connectivity index (χ2v) is 9.53. The predicted molar refractivity (Wildman–Crippen MR) is 140 cm³/mol. The number of hydrogen-bond acceptors (Lipinski definition) is 5. The quantitative estimate of drug-likeness (QED) is 0.378. The largest absolute Gasteiger partial charge is 0.360 e. The number of rotatable bonds is 10. The van der Waals surface area contributed by atoms with Crippen LogP contribution in [0.15, 0.2) is 65.2 Å². The number of carbonyl (C=O) groups is 3. The predicted octanol–water partition coefficient (Wildman–Crippen LogP) is 5.43. The summed E-state index contributed by atoms with van der Waals surface area (Å²) in [6.45, 7) is 7.52. The molecule has 3 aromatic rings. The Labute approximate surface area is 216 Å². The summed E-state index contributed by atoms with van der Waals surface area (Å²) in [7, 11) is 0. The van der Waals surface area contributed by atoms with Gasteiger partial charge in [-0.2, -0.15) is 0 Å². The maximum absolute atomic E-state index is 13.7. The lowest BCUT2D eigenvalue weighted by Gasteiger charge is -2.35. The Morgan fingerprint density at radius 1 is 1.06 bits per heavy atom. The SMILES string of the molecule is CCC(C)(C)NC(=O)[C@H](c1ccccc1Cl)N(C(=O)CCC(=O)Nc1cc(C)on1)c1ccccc1. The molecule has 0 unspecified atom stereocenters.